The van der Waals surface area contributed by atoms with Gasteiger partial charge in [-0.1, -0.05) is 48.5 Å². The highest BCUT2D eigenvalue weighted by Gasteiger charge is 2.33. The molecule has 0 aliphatic carbocycles. The molecule has 2 aromatic carbocycles. The van der Waals surface area contributed by atoms with Gasteiger partial charge in [-0.3, -0.25) is 14.4 Å². The van der Waals surface area contributed by atoms with Crippen LogP contribution in [0.25, 0.3) is 0 Å². The maximum absolute atomic E-state index is 13.7. The monoisotopic (exact) mass is 490 g/mol. The molecule has 0 aliphatic rings. The van der Waals surface area contributed by atoms with Crippen molar-refractivity contribution < 1.29 is 18.8 Å². The fourth-order valence-corrected chi connectivity index (χ4v) is 3.67. The van der Waals surface area contributed by atoms with Crippen molar-refractivity contribution in [2.24, 2.45) is 0 Å². The van der Waals surface area contributed by atoms with Gasteiger partial charge in [0.1, 0.15) is 17.7 Å². The van der Waals surface area contributed by atoms with Crippen LogP contribution in [-0.4, -0.2) is 33.1 Å². The van der Waals surface area contributed by atoms with Crippen LogP contribution in [0, 0.1) is 5.82 Å². The van der Waals surface area contributed by atoms with Gasteiger partial charge in [-0.15, -0.1) is 0 Å². The molecular formula is C28H31FN4O3. The first-order valence-corrected chi connectivity index (χ1v) is 11.7. The first-order valence-electron chi connectivity index (χ1n) is 11.7. The van der Waals surface area contributed by atoms with E-state index in [2.05, 4.69) is 15.6 Å². The van der Waals surface area contributed by atoms with E-state index in [9.17, 15) is 18.8 Å². The number of pyridine rings is 1. The molecule has 1 atom stereocenters. The average Bonchev–Trinajstić information content (AvgIpc) is 2.83. The number of nitrogens with one attached hydrogen (secondary N) is 2. The summed E-state index contributed by atoms with van der Waals surface area (Å²) in [5, 5.41) is 5.60. The third-order valence-corrected chi connectivity index (χ3v) is 5.26. The summed E-state index contributed by atoms with van der Waals surface area (Å²) in [7, 11) is 0. The van der Waals surface area contributed by atoms with E-state index in [1.54, 1.807) is 24.4 Å². The van der Waals surface area contributed by atoms with E-state index in [4.69, 9.17) is 0 Å². The number of carbonyl (C=O) groups excluding carboxylic acids is 3. The minimum Gasteiger partial charge on any atom is -0.349 e. The summed E-state index contributed by atoms with van der Waals surface area (Å²) in [5.74, 6) is -1.19. The molecule has 3 rings (SSSR count). The van der Waals surface area contributed by atoms with Crippen LogP contribution >= 0.6 is 0 Å². The fraction of sp³-hybridized carbons (Fsp3) is 0.286. The zero-order chi connectivity index (χ0) is 26.1. The molecule has 0 fully saturated rings. The summed E-state index contributed by atoms with van der Waals surface area (Å²) in [4.78, 5) is 45.0. The largest absolute Gasteiger partial charge is 0.349 e. The first-order chi connectivity index (χ1) is 17.1. The maximum Gasteiger partial charge on any atom is 0.247 e. The van der Waals surface area contributed by atoms with E-state index in [-0.39, 0.29) is 31.2 Å². The van der Waals surface area contributed by atoms with Crippen molar-refractivity contribution in [1.82, 2.24) is 15.2 Å². The van der Waals surface area contributed by atoms with Crippen molar-refractivity contribution in [2.75, 3.05) is 5.32 Å². The molecule has 0 aliphatic heterocycles. The Bertz CT molecular complexity index is 1160. The van der Waals surface area contributed by atoms with Crippen molar-refractivity contribution >= 4 is 23.5 Å². The summed E-state index contributed by atoms with van der Waals surface area (Å²) in [5.41, 5.74) is 0.735. The van der Waals surface area contributed by atoms with E-state index >= 15 is 0 Å². The van der Waals surface area contributed by atoms with Crippen LogP contribution in [0.15, 0.2) is 79.0 Å². The number of hydrogen-bond acceptors (Lipinski definition) is 4. The van der Waals surface area contributed by atoms with Crippen LogP contribution in [-0.2, 0) is 20.9 Å². The highest BCUT2D eigenvalue weighted by atomic mass is 19.1. The summed E-state index contributed by atoms with van der Waals surface area (Å²) in [6.45, 7) is 5.68. The van der Waals surface area contributed by atoms with Crippen molar-refractivity contribution in [3.05, 3.63) is 95.9 Å². The molecule has 0 unspecified atom stereocenters. The molecule has 7 nitrogen and oxygen atoms in total. The minimum atomic E-state index is -1.02. The second-order valence-corrected chi connectivity index (χ2v) is 9.46. The Morgan fingerprint density at radius 3 is 2.19 bits per heavy atom. The molecule has 188 valence electrons. The smallest absolute Gasteiger partial charge is 0.247 e. The van der Waals surface area contributed by atoms with Crippen molar-refractivity contribution in [2.45, 2.75) is 51.7 Å². The Hall–Kier alpha value is -4.07. The summed E-state index contributed by atoms with van der Waals surface area (Å²) < 4.78 is 13.7. The number of carbonyl (C=O) groups is 3. The van der Waals surface area contributed by atoms with Gasteiger partial charge in [0.2, 0.25) is 17.7 Å². The van der Waals surface area contributed by atoms with Crippen molar-refractivity contribution in [3.63, 3.8) is 0 Å². The Morgan fingerprint density at radius 1 is 0.917 bits per heavy atom. The second kappa shape index (κ2) is 12.1. The van der Waals surface area contributed by atoms with Crippen LogP contribution < -0.4 is 10.6 Å². The van der Waals surface area contributed by atoms with Crippen LogP contribution in [0.4, 0.5) is 10.2 Å². The van der Waals surface area contributed by atoms with Gasteiger partial charge < -0.3 is 15.5 Å². The predicted molar refractivity (Wildman–Crippen MR) is 136 cm³/mol. The van der Waals surface area contributed by atoms with Gasteiger partial charge in [-0.05, 0) is 56.2 Å². The Kier molecular flexibility index (Phi) is 8.89. The molecule has 0 saturated heterocycles. The molecule has 0 saturated carbocycles. The van der Waals surface area contributed by atoms with Crippen molar-refractivity contribution in [3.8, 4) is 0 Å². The Labute approximate surface area is 210 Å². The lowest BCUT2D eigenvalue weighted by Crippen LogP contribution is -2.49. The van der Waals surface area contributed by atoms with Gasteiger partial charge in [0, 0.05) is 31.1 Å². The standard InChI is InChI=1S/C28H31FN4O3/c1-28(2,3)32-27(36)26(21-12-14-22(29)15-13-21)33(19-20-9-5-4-6-10-20)25(35)17-16-24(34)31-23-11-7-8-18-30-23/h4-15,18,26H,16-17,19H2,1-3H3,(H,32,36)(H,30,31,34)/t26-/m1/s1. The zero-order valence-corrected chi connectivity index (χ0v) is 20.7. The number of rotatable bonds is 9. The normalized spacial score (nSPS) is 11.9. The molecule has 0 radical (unpaired) electrons. The molecule has 0 spiro atoms. The average molecular weight is 491 g/mol. The van der Waals surface area contributed by atoms with Crippen LogP contribution in [0.3, 0.4) is 0 Å². The topological polar surface area (TPSA) is 91.4 Å². The number of anilines is 1. The van der Waals surface area contributed by atoms with Gasteiger partial charge in [-0.2, -0.15) is 0 Å². The number of halogens is 1. The predicted octanol–water partition coefficient (Wildman–Crippen LogP) is 4.62. The third-order valence-electron chi connectivity index (χ3n) is 5.26. The third kappa shape index (κ3) is 8.01. The lowest BCUT2D eigenvalue weighted by molar-refractivity contribution is -0.142. The molecule has 3 aromatic rings. The van der Waals surface area contributed by atoms with Gasteiger partial charge in [-0.25, -0.2) is 9.37 Å². The lowest BCUT2D eigenvalue weighted by Gasteiger charge is -2.34. The SMILES string of the molecule is CC(C)(C)NC(=O)[C@@H](c1ccc(F)cc1)N(Cc1ccccc1)C(=O)CCC(=O)Nc1ccccn1. The van der Waals surface area contributed by atoms with Gasteiger partial charge in [0.05, 0.1) is 0 Å². The number of nitrogens with zero attached hydrogens (tertiary/aromatic N) is 2. The van der Waals surface area contributed by atoms with Gasteiger partial charge in [0.25, 0.3) is 0 Å². The quantitative estimate of drug-likeness (QED) is 0.458. The minimum absolute atomic E-state index is 0.0856. The molecule has 0 bridgehead atoms. The molecule has 1 aromatic heterocycles. The summed E-state index contributed by atoms with van der Waals surface area (Å²) >= 11 is 0. The number of hydrogen-bond donors (Lipinski definition) is 2. The molecule has 2 N–H and O–H groups in total. The molecule has 1 heterocycles. The van der Waals surface area contributed by atoms with E-state index in [1.165, 1.54) is 29.2 Å². The maximum atomic E-state index is 13.7. The van der Waals surface area contributed by atoms with E-state index < -0.39 is 23.3 Å². The highest BCUT2D eigenvalue weighted by Crippen LogP contribution is 2.26. The van der Waals surface area contributed by atoms with E-state index in [0.29, 0.717) is 11.4 Å². The van der Waals surface area contributed by atoms with E-state index in [0.717, 1.165) is 5.56 Å². The van der Waals surface area contributed by atoms with Crippen molar-refractivity contribution in [1.29, 1.82) is 0 Å². The molecule has 36 heavy (non-hydrogen) atoms. The van der Waals surface area contributed by atoms with E-state index in [1.807, 2.05) is 51.1 Å². The number of benzene rings is 2. The number of amides is 3. The zero-order valence-electron chi connectivity index (χ0n) is 20.7. The fourth-order valence-electron chi connectivity index (χ4n) is 3.67. The summed E-state index contributed by atoms with van der Waals surface area (Å²) in [6, 6.07) is 18.9. The lowest BCUT2D eigenvalue weighted by atomic mass is 10.00. The molecule has 8 heteroatoms. The summed E-state index contributed by atoms with van der Waals surface area (Å²) in [6.07, 6.45) is 1.35. The van der Waals surface area contributed by atoms with Gasteiger partial charge in [0.15, 0.2) is 0 Å². The van der Waals surface area contributed by atoms with Gasteiger partial charge >= 0.3 is 0 Å². The highest BCUT2D eigenvalue weighted by molar-refractivity contribution is 5.94. The Balaban J connectivity index is 1.88. The number of aromatic nitrogens is 1. The van der Waals surface area contributed by atoms with Crippen LogP contribution in [0.1, 0.15) is 50.8 Å². The molecular weight excluding hydrogens is 459 g/mol. The van der Waals surface area contributed by atoms with Crippen LogP contribution in [0.2, 0.25) is 0 Å². The molecule has 3 amide bonds. The Morgan fingerprint density at radius 2 is 1.58 bits per heavy atom. The second-order valence-electron chi connectivity index (χ2n) is 9.46. The first kappa shape index (κ1) is 26.5. The van der Waals surface area contributed by atoms with Crippen LogP contribution in [0.5, 0.6) is 0 Å².